The van der Waals surface area contributed by atoms with E-state index in [0.717, 1.165) is 11.4 Å². The van der Waals surface area contributed by atoms with Gasteiger partial charge in [-0.3, -0.25) is 4.79 Å². The monoisotopic (exact) mass is 366 g/mol. The number of hydrogen-bond acceptors (Lipinski definition) is 5. The lowest BCUT2D eigenvalue weighted by atomic mass is 10.2. The summed E-state index contributed by atoms with van der Waals surface area (Å²) in [5.41, 5.74) is 0.938. The van der Waals surface area contributed by atoms with E-state index >= 15 is 0 Å². The number of thioether (sulfide) groups is 1. The number of amides is 1. The Balaban J connectivity index is 1.71. The maximum absolute atomic E-state index is 12.5. The summed E-state index contributed by atoms with van der Waals surface area (Å²) in [5, 5.41) is 9.65. The highest BCUT2D eigenvalue weighted by atomic mass is 35.5. The minimum Gasteiger partial charge on any atom is -0.378 e. The van der Waals surface area contributed by atoms with E-state index in [-0.39, 0.29) is 11.2 Å². The van der Waals surface area contributed by atoms with Gasteiger partial charge in [0.15, 0.2) is 11.0 Å². The van der Waals surface area contributed by atoms with Crippen LogP contribution >= 0.6 is 23.4 Å². The molecule has 0 aliphatic carbocycles. The fourth-order valence-electron chi connectivity index (χ4n) is 2.52. The Morgan fingerprint density at radius 3 is 2.58 bits per heavy atom. The van der Waals surface area contributed by atoms with Crippen LogP contribution in [0.25, 0.3) is 11.4 Å². The predicted octanol–water partition coefficient (Wildman–Crippen LogP) is 2.47. The molecule has 2 aromatic rings. The molecule has 1 fully saturated rings. The fourth-order valence-corrected chi connectivity index (χ4v) is 3.54. The minimum absolute atomic E-state index is 0.111. The maximum Gasteiger partial charge on any atom is 0.236 e. The molecular formula is C16H19ClN4O2S. The largest absolute Gasteiger partial charge is 0.378 e. The van der Waals surface area contributed by atoms with Crippen LogP contribution in [0.15, 0.2) is 29.4 Å². The van der Waals surface area contributed by atoms with E-state index < -0.39 is 0 Å². The molecule has 0 N–H and O–H groups in total. The van der Waals surface area contributed by atoms with Crippen LogP contribution in [0.1, 0.15) is 6.92 Å². The third-order valence-electron chi connectivity index (χ3n) is 3.89. The van der Waals surface area contributed by atoms with Gasteiger partial charge >= 0.3 is 0 Å². The zero-order valence-electron chi connectivity index (χ0n) is 13.6. The Bertz CT molecular complexity index is 713. The molecular weight excluding hydrogens is 348 g/mol. The van der Waals surface area contributed by atoms with Crippen molar-refractivity contribution >= 4 is 29.3 Å². The van der Waals surface area contributed by atoms with Crippen molar-refractivity contribution in [1.82, 2.24) is 19.7 Å². The SMILES string of the molecule is CC(Sc1nnc(-c2ccc(Cl)cc2)n1C)C(=O)N1CCOCC1. The Hall–Kier alpha value is -1.57. The van der Waals surface area contributed by atoms with Crippen molar-refractivity contribution < 1.29 is 9.53 Å². The van der Waals surface area contributed by atoms with Crippen LogP contribution in [0.2, 0.25) is 5.02 Å². The van der Waals surface area contributed by atoms with Crippen LogP contribution in [0.5, 0.6) is 0 Å². The summed E-state index contributed by atoms with van der Waals surface area (Å²) in [7, 11) is 1.90. The first-order valence-electron chi connectivity index (χ1n) is 7.75. The zero-order chi connectivity index (χ0) is 17.1. The van der Waals surface area contributed by atoms with Gasteiger partial charge in [-0.25, -0.2) is 0 Å². The van der Waals surface area contributed by atoms with E-state index in [1.165, 1.54) is 11.8 Å². The Labute approximate surface area is 150 Å². The zero-order valence-corrected chi connectivity index (χ0v) is 15.2. The lowest BCUT2D eigenvalue weighted by Gasteiger charge is -2.28. The summed E-state index contributed by atoms with van der Waals surface area (Å²) in [6.45, 7) is 4.41. The second-order valence-electron chi connectivity index (χ2n) is 5.57. The Kier molecular flexibility index (Phi) is 5.43. The second-order valence-corrected chi connectivity index (χ2v) is 7.31. The number of aromatic nitrogens is 3. The normalized spacial score (nSPS) is 16.2. The molecule has 1 aromatic heterocycles. The van der Waals surface area contributed by atoms with Crippen molar-refractivity contribution in [3.05, 3.63) is 29.3 Å². The van der Waals surface area contributed by atoms with Crippen LogP contribution in [0.4, 0.5) is 0 Å². The molecule has 1 unspecified atom stereocenters. The van der Waals surface area contributed by atoms with Crippen molar-refractivity contribution in [2.24, 2.45) is 7.05 Å². The van der Waals surface area contributed by atoms with Gasteiger partial charge in [0.2, 0.25) is 5.91 Å². The first-order valence-corrected chi connectivity index (χ1v) is 9.00. The van der Waals surface area contributed by atoms with Gasteiger partial charge in [-0.05, 0) is 31.2 Å². The van der Waals surface area contributed by atoms with Gasteiger partial charge < -0.3 is 14.2 Å². The standard InChI is InChI=1S/C16H19ClN4O2S/c1-11(15(22)21-7-9-23-10-8-21)24-16-19-18-14(20(16)2)12-3-5-13(17)6-4-12/h3-6,11H,7-10H2,1-2H3. The van der Waals surface area contributed by atoms with E-state index in [9.17, 15) is 4.79 Å². The predicted molar refractivity (Wildman–Crippen MR) is 94.2 cm³/mol. The highest BCUT2D eigenvalue weighted by molar-refractivity contribution is 8.00. The number of ether oxygens (including phenoxy) is 1. The summed E-state index contributed by atoms with van der Waals surface area (Å²) in [5.74, 6) is 0.861. The molecule has 0 radical (unpaired) electrons. The number of carbonyl (C=O) groups is 1. The number of rotatable bonds is 4. The molecule has 3 rings (SSSR count). The first-order chi connectivity index (χ1) is 11.6. The average Bonchev–Trinajstić information content (AvgIpc) is 2.96. The first kappa shape index (κ1) is 17.3. The van der Waals surface area contributed by atoms with Crippen LogP contribution < -0.4 is 0 Å². The highest BCUT2D eigenvalue weighted by Gasteiger charge is 2.25. The second kappa shape index (κ2) is 7.55. The number of halogens is 1. The van der Waals surface area contributed by atoms with Gasteiger partial charge in [-0.1, -0.05) is 23.4 Å². The molecule has 0 bridgehead atoms. The van der Waals surface area contributed by atoms with Gasteiger partial charge in [0.1, 0.15) is 0 Å². The summed E-state index contributed by atoms with van der Waals surface area (Å²) in [6.07, 6.45) is 0. The molecule has 2 heterocycles. The van der Waals surface area contributed by atoms with E-state index in [1.807, 2.05) is 47.7 Å². The highest BCUT2D eigenvalue weighted by Crippen LogP contribution is 2.27. The molecule has 128 valence electrons. The quantitative estimate of drug-likeness (QED) is 0.778. The van der Waals surface area contributed by atoms with Crippen LogP contribution in [-0.4, -0.2) is 57.1 Å². The molecule has 1 amide bonds. The third-order valence-corrected chi connectivity index (χ3v) is 5.26. The molecule has 24 heavy (non-hydrogen) atoms. The van der Waals surface area contributed by atoms with E-state index in [4.69, 9.17) is 16.3 Å². The van der Waals surface area contributed by atoms with E-state index in [0.29, 0.717) is 36.5 Å². The molecule has 1 aliphatic rings. The third kappa shape index (κ3) is 3.74. The topological polar surface area (TPSA) is 60.2 Å². The minimum atomic E-state index is -0.218. The lowest BCUT2D eigenvalue weighted by molar-refractivity contribution is -0.134. The number of benzene rings is 1. The van der Waals surface area contributed by atoms with Crippen LogP contribution in [-0.2, 0) is 16.6 Å². The van der Waals surface area contributed by atoms with E-state index in [1.54, 1.807) is 0 Å². The Morgan fingerprint density at radius 1 is 1.25 bits per heavy atom. The number of carbonyl (C=O) groups excluding carboxylic acids is 1. The molecule has 1 aliphatic heterocycles. The van der Waals surface area contributed by atoms with Crippen molar-refractivity contribution in [2.45, 2.75) is 17.3 Å². The van der Waals surface area contributed by atoms with E-state index in [2.05, 4.69) is 10.2 Å². The number of hydrogen-bond donors (Lipinski definition) is 0. The summed E-state index contributed by atoms with van der Waals surface area (Å²) in [6, 6.07) is 7.46. The van der Waals surface area contributed by atoms with Gasteiger partial charge in [-0.2, -0.15) is 0 Å². The number of morpholine rings is 1. The fraction of sp³-hybridized carbons (Fsp3) is 0.438. The summed E-state index contributed by atoms with van der Waals surface area (Å²) < 4.78 is 7.19. The van der Waals surface area contributed by atoms with Crippen molar-refractivity contribution in [1.29, 1.82) is 0 Å². The van der Waals surface area contributed by atoms with Crippen LogP contribution in [0.3, 0.4) is 0 Å². The van der Waals surface area contributed by atoms with Gasteiger partial charge in [-0.15, -0.1) is 10.2 Å². The lowest BCUT2D eigenvalue weighted by Crippen LogP contribution is -2.44. The van der Waals surface area contributed by atoms with Crippen molar-refractivity contribution in [3.63, 3.8) is 0 Å². The molecule has 0 spiro atoms. The molecule has 6 nitrogen and oxygen atoms in total. The molecule has 1 aromatic carbocycles. The molecule has 1 saturated heterocycles. The smallest absolute Gasteiger partial charge is 0.236 e. The summed E-state index contributed by atoms with van der Waals surface area (Å²) in [4.78, 5) is 14.4. The van der Waals surface area contributed by atoms with Crippen molar-refractivity contribution in [3.8, 4) is 11.4 Å². The Morgan fingerprint density at radius 2 is 1.92 bits per heavy atom. The van der Waals surface area contributed by atoms with Gasteiger partial charge in [0, 0.05) is 30.7 Å². The molecule has 0 saturated carbocycles. The molecule has 1 atom stereocenters. The van der Waals surface area contributed by atoms with Crippen molar-refractivity contribution in [2.75, 3.05) is 26.3 Å². The maximum atomic E-state index is 12.5. The average molecular weight is 367 g/mol. The summed E-state index contributed by atoms with van der Waals surface area (Å²) >= 11 is 7.35. The van der Waals surface area contributed by atoms with Gasteiger partial charge in [0.25, 0.3) is 0 Å². The number of nitrogens with zero attached hydrogens (tertiary/aromatic N) is 4. The van der Waals surface area contributed by atoms with Crippen LogP contribution in [0, 0.1) is 0 Å². The van der Waals surface area contributed by atoms with Gasteiger partial charge in [0.05, 0.1) is 18.5 Å². The molecule has 8 heteroatoms.